The Morgan fingerprint density at radius 3 is 2.50 bits per heavy atom. The monoisotopic (exact) mass is 330 g/mol. The molecule has 1 aromatic carbocycles. The van der Waals surface area contributed by atoms with Crippen LogP contribution >= 0.6 is 0 Å². The van der Waals surface area contributed by atoms with Crippen LogP contribution in [0.2, 0.25) is 0 Å². The summed E-state index contributed by atoms with van der Waals surface area (Å²) in [4.78, 5) is 14.4. The van der Waals surface area contributed by atoms with Crippen LogP contribution in [-0.2, 0) is 16.0 Å². The molecular formula is C20H30N2O2. The lowest BCUT2D eigenvalue weighted by molar-refractivity contribution is -0.120. The summed E-state index contributed by atoms with van der Waals surface area (Å²) in [7, 11) is 0. The van der Waals surface area contributed by atoms with Crippen molar-refractivity contribution in [3.05, 3.63) is 35.4 Å². The first kappa shape index (κ1) is 17.4. The molecule has 0 spiro atoms. The summed E-state index contributed by atoms with van der Waals surface area (Å²) in [5, 5.41) is 3.04. The van der Waals surface area contributed by atoms with E-state index in [0.717, 1.165) is 50.9 Å². The highest BCUT2D eigenvalue weighted by Crippen LogP contribution is 2.32. The summed E-state index contributed by atoms with van der Waals surface area (Å²) >= 11 is 0. The fraction of sp³-hybridized carbons (Fsp3) is 0.650. The molecule has 0 atom stereocenters. The Hall–Kier alpha value is -1.39. The van der Waals surface area contributed by atoms with Crippen LogP contribution in [0.3, 0.4) is 0 Å². The van der Waals surface area contributed by atoms with Crippen molar-refractivity contribution in [1.29, 1.82) is 0 Å². The summed E-state index contributed by atoms with van der Waals surface area (Å²) in [5.41, 5.74) is 2.56. The average Bonchev–Trinajstić information content (AvgIpc) is 2.64. The molecule has 132 valence electrons. The lowest BCUT2D eigenvalue weighted by Gasteiger charge is -2.26. The molecule has 4 heteroatoms. The van der Waals surface area contributed by atoms with E-state index >= 15 is 0 Å². The van der Waals surface area contributed by atoms with E-state index in [0.29, 0.717) is 6.42 Å². The van der Waals surface area contributed by atoms with Crippen LogP contribution in [0.1, 0.15) is 49.1 Å². The van der Waals surface area contributed by atoms with Gasteiger partial charge in [0.05, 0.1) is 19.6 Å². The summed E-state index contributed by atoms with van der Waals surface area (Å²) in [5.74, 6) is 0.851. The van der Waals surface area contributed by atoms with Gasteiger partial charge in [-0.25, -0.2) is 0 Å². The van der Waals surface area contributed by atoms with Crippen molar-refractivity contribution in [3.63, 3.8) is 0 Å². The van der Waals surface area contributed by atoms with Crippen molar-refractivity contribution in [2.75, 3.05) is 39.4 Å². The maximum atomic E-state index is 12.1. The fourth-order valence-corrected chi connectivity index (χ4v) is 3.77. The van der Waals surface area contributed by atoms with E-state index in [2.05, 4.69) is 34.5 Å². The number of hydrogen-bond acceptors (Lipinski definition) is 3. The Labute approximate surface area is 145 Å². The van der Waals surface area contributed by atoms with E-state index < -0.39 is 0 Å². The molecule has 0 unspecified atom stereocenters. The topological polar surface area (TPSA) is 41.6 Å². The molecular weight excluding hydrogens is 300 g/mol. The zero-order valence-electron chi connectivity index (χ0n) is 14.6. The molecule has 1 heterocycles. The maximum absolute atomic E-state index is 12.1. The van der Waals surface area contributed by atoms with Gasteiger partial charge in [-0.3, -0.25) is 9.69 Å². The maximum Gasteiger partial charge on any atom is 0.224 e. The normalized spacial score (nSPS) is 20.0. The number of carbonyl (C=O) groups is 1. The highest BCUT2D eigenvalue weighted by atomic mass is 16.5. The van der Waals surface area contributed by atoms with Crippen LogP contribution < -0.4 is 5.32 Å². The third kappa shape index (κ3) is 5.32. The minimum atomic E-state index is 0.119. The zero-order valence-corrected chi connectivity index (χ0v) is 14.6. The summed E-state index contributed by atoms with van der Waals surface area (Å²) < 4.78 is 5.33. The smallest absolute Gasteiger partial charge is 0.224 e. The largest absolute Gasteiger partial charge is 0.379 e. The number of rotatable bonds is 6. The van der Waals surface area contributed by atoms with Gasteiger partial charge in [-0.1, -0.05) is 43.5 Å². The molecule has 2 fully saturated rings. The van der Waals surface area contributed by atoms with E-state index in [1.54, 1.807) is 0 Å². The number of hydrogen-bond donors (Lipinski definition) is 1. The van der Waals surface area contributed by atoms with Gasteiger partial charge in [0.15, 0.2) is 0 Å². The van der Waals surface area contributed by atoms with Crippen LogP contribution in [0, 0.1) is 0 Å². The molecule has 1 aliphatic heterocycles. The second-order valence-corrected chi connectivity index (χ2v) is 7.06. The van der Waals surface area contributed by atoms with Gasteiger partial charge in [0.25, 0.3) is 0 Å². The van der Waals surface area contributed by atoms with Gasteiger partial charge in [0.1, 0.15) is 0 Å². The molecule has 0 radical (unpaired) electrons. The van der Waals surface area contributed by atoms with Crippen molar-refractivity contribution in [1.82, 2.24) is 10.2 Å². The fourth-order valence-electron chi connectivity index (χ4n) is 3.77. The van der Waals surface area contributed by atoms with Crippen LogP contribution in [0.15, 0.2) is 24.3 Å². The zero-order chi connectivity index (χ0) is 16.6. The predicted molar refractivity (Wildman–Crippen MR) is 96.2 cm³/mol. The molecule has 1 saturated carbocycles. The van der Waals surface area contributed by atoms with Gasteiger partial charge in [-0.2, -0.15) is 0 Å². The first-order valence-electron chi connectivity index (χ1n) is 9.47. The third-order valence-electron chi connectivity index (χ3n) is 5.27. The SMILES string of the molecule is O=C(Cc1ccc(C2CCCCC2)cc1)NCCN1CCOCC1. The molecule has 1 aliphatic carbocycles. The molecule has 1 aromatic rings. The van der Waals surface area contributed by atoms with E-state index in [4.69, 9.17) is 4.74 Å². The first-order valence-corrected chi connectivity index (χ1v) is 9.47. The number of nitrogens with zero attached hydrogens (tertiary/aromatic N) is 1. The standard InChI is InChI=1S/C20H30N2O2/c23-20(21-10-11-22-12-14-24-15-13-22)16-17-6-8-19(9-7-17)18-4-2-1-3-5-18/h6-9,18H,1-5,10-16H2,(H,21,23). The van der Waals surface area contributed by atoms with Crippen LogP contribution in [0.4, 0.5) is 0 Å². The van der Waals surface area contributed by atoms with E-state index in [-0.39, 0.29) is 5.91 Å². The molecule has 4 nitrogen and oxygen atoms in total. The summed E-state index contributed by atoms with van der Waals surface area (Å²) in [6.45, 7) is 5.19. The van der Waals surface area contributed by atoms with E-state index in [1.165, 1.54) is 37.7 Å². The molecule has 1 amide bonds. The van der Waals surface area contributed by atoms with Gasteiger partial charge in [0, 0.05) is 26.2 Å². The quantitative estimate of drug-likeness (QED) is 0.872. The van der Waals surface area contributed by atoms with Crippen LogP contribution in [-0.4, -0.2) is 50.2 Å². The molecule has 2 aliphatic rings. The molecule has 3 rings (SSSR count). The summed E-state index contributed by atoms with van der Waals surface area (Å²) in [6.07, 6.45) is 7.23. The van der Waals surface area contributed by atoms with Crippen molar-refractivity contribution in [2.24, 2.45) is 0 Å². The van der Waals surface area contributed by atoms with E-state index in [9.17, 15) is 4.79 Å². The van der Waals surface area contributed by atoms with Crippen LogP contribution in [0.25, 0.3) is 0 Å². The molecule has 0 aromatic heterocycles. The number of ether oxygens (including phenoxy) is 1. The number of morpholine rings is 1. The van der Waals surface area contributed by atoms with Crippen molar-refractivity contribution in [2.45, 2.75) is 44.4 Å². The lowest BCUT2D eigenvalue weighted by atomic mass is 9.84. The van der Waals surface area contributed by atoms with Gasteiger partial charge >= 0.3 is 0 Å². The number of benzene rings is 1. The molecule has 1 saturated heterocycles. The Kier molecular flexibility index (Phi) is 6.67. The molecule has 0 bridgehead atoms. The average molecular weight is 330 g/mol. The lowest BCUT2D eigenvalue weighted by Crippen LogP contribution is -2.41. The molecule has 24 heavy (non-hydrogen) atoms. The van der Waals surface area contributed by atoms with Crippen molar-refractivity contribution < 1.29 is 9.53 Å². The number of carbonyl (C=O) groups excluding carboxylic acids is 1. The van der Waals surface area contributed by atoms with Crippen LogP contribution in [0.5, 0.6) is 0 Å². The first-order chi connectivity index (χ1) is 11.8. The second kappa shape index (κ2) is 9.19. The Morgan fingerprint density at radius 1 is 1.08 bits per heavy atom. The third-order valence-corrected chi connectivity index (χ3v) is 5.27. The van der Waals surface area contributed by atoms with Gasteiger partial charge < -0.3 is 10.1 Å². The Bertz CT molecular complexity index is 503. The van der Waals surface area contributed by atoms with Crippen molar-refractivity contribution in [3.8, 4) is 0 Å². The Morgan fingerprint density at radius 2 is 1.79 bits per heavy atom. The highest BCUT2D eigenvalue weighted by Gasteiger charge is 2.15. The number of nitrogens with one attached hydrogen (secondary N) is 1. The van der Waals surface area contributed by atoms with Crippen molar-refractivity contribution >= 4 is 5.91 Å². The predicted octanol–water partition coefficient (Wildman–Crippen LogP) is 2.73. The second-order valence-electron chi connectivity index (χ2n) is 7.06. The molecule has 1 N–H and O–H groups in total. The minimum Gasteiger partial charge on any atom is -0.379 e. The number of amides is 1. The summed E-state index contributed by atoms with van der Waals surface area (Å²) in [6, 6.07) is 8.72. The minimum absolute atomic E-state index is 0.119. The van der Waals surface area contributed by atoms with Gasteiger partial charge in [0.2, 0.25) is 5.91 Å². The Balaban J connectivity index is 1.39. The van der Waals surface area contributed by atoms with E-state index in [1.807, 2.05) is 0 Å². The highest BCUT2D eigenvalue weighted by molar-refractivity contribution is 5.78. The van der Waals surface area contributed by atoms with Gasteiger partial charge in [-0.15, -0.1) is 0 Å². The van der Waals surface area contributed by atoms with Gasteiger partial charge in [-0.05, 0) is 29.9 Å².